The fourth-order valence-electron chi connectivity index (χ4n) is 1.29. The molecule has 2 heterocycles. The zero-order chi connectivity index (χ0) is 13.9. The van der Waals surface area contributed by atoms with Gasteiger partial charge in [0.25, 0.3) is 10.1 Å². The van der Waals surface area contributed by atoms with E-state index in [0.29, 0.717) is 5.13 Å². The first-order valence-electron chi connectivity index (χ1n) is 5.30. The van der Waals surface area contributed by atoms with E-state index < -0.39 is 10.1 Å². The summed E-state index contributed by atoms with van der Waals surface area (Å²) >= 11 is 1.39. The molecule has 8 nitrogen and oxygen atoms in total. The monoisotopic (exact) mass is 302 g/mol. The standard InChI is InChI=1S/C9H11N5O3S2/c1-10-9-13-12-8(18-9)7-2-3-14(11-6-7)4-5-19(15,16)17/h2-3,6H,4-5H2,1H3,(H,15,16,17)/p+1. The number of anilines is 1. The highest BCUT2D eigenvalue weighted by Gasteiger charge is 2.12. The van der Waals surface area contributed by atoms with Crippen molar-refractivity contribution in [1.82, 2.24) is 15.3 Å². The summed E-state index contributed by atoms with van der Waals surface area (Å²) in [7, 11) is -2.21. The molecule has 102 valence electrons. The summed E-state index contributed by atoms with van der Waals surface area (Å²) in [4.78, 5) is 0. The molecule has 2 aromatic rings. The molecule has 2 rings (SSSR count). The van der Waals surface area contributed by atoms with E-state index in [2.05, 4.69) is 20.6 Å². The molecule has 0 aliphatic rings. The molecule has 2 N–H and O–H groups in total. The lowest BCUT2D eigenvalue weighted by atomic mass is 10.3. The van der Waals surface area contributed by atoms with Gasteiger partial charge < -0.3 is 5.32 Å². The first kappa shape index (κ1) is 13.8. The van der Waals surface area contributed by atoms with Crippen molar-refractivity contribution in [2.75, 3.05) is 18.1 Å². The zero-order valence-electron chi connectivity index (χ0n) is 10.0. The van der Waals surface area contributed by atoms with E-state index in [0.717, 1.165) is 10.6 Å². The molecule has 0 bridgehead atoms. The predicted octanol–water partition coefficient (Wildman–Crippen LogP) is -0.183. The van der Waals surface area contributed by atoms with Gasteiger partial charge >= 0.3 is 0 Å². The Morgan fingerprint density at radius 1 is 1.47 bits per heavy atom. The number of aryl methyl sites for hydroxylation is 1. The molecule has 10 heteroatoms. The second kappa shape index (κ2) is 5.55. The van der Waals surface area contributed by atoms with Crippen LogP contribution >= 0.6 is 11.3 Å². The lowest BCUT2D eigenvalue weighted by Gasteiger charge is -1.94. The van der Waals surface area contributed by atoms with E-state index in [4.69, 9.17) is 4.55 Å². The van der Waals surface area contributed by atoms with E-state index in [1.54, 1.807) is 25.5 Å². The topological polar surface area (TPSA) is 109 Å². The summed E-state index contributed by atoms with van der Waals surface area (Å²) in [6.07, 6.45) is 3.20. The summed E-state index contributed by atoms with van der Waals surface area (Å²) < 4.78 is 31.3. The fraction of sp³-hybridized carbons (Fsp3) is 0.333. The van der Waals surface area contributed by atoms with E-state index in [1.807, 2.05) is 0 Å². The van der Waals surface area contributed by atoms with Crippen LogP contribution in [-0.2, 0) is 16.7 Å². The minimum absolute atomic E-state index is 0.0942. The van der Waals surface area contributed by atoms with E-state index in [-0.39, 0.29) is 12.3 Å². The van der Waals surface area contributed by atoms with Crippen LogP contribution in [0.2, 0.25) is 0 Å². The van der Waals surface area contributed by atoms with Crippen molar-refractivity contribution in [3.8, 4) is 10.6 Å². The van der Waals surface area contributed by atoms with Gasteiger partial charge in [-0.3, -0.25) is 4.55 Å². The van der Waals surface area contributed by atoms with Crippen molar-refractivity contribution < 1.29 is 17.7 Å². The maximum Gasteiger partial charge on any atom is 0.271 e. The lowest BCUT2D eigenvalue weighted by molar-refractivity contribution is -0.750. The Morgan fingerprint density at radius 3 is 2.79 bits per heavy atom. The van der Waals surface area contributed by atoms with Crippen molar-refractivity contribution in [2.24, 2.45) is 0 Å². The third-order valence-corrected chi connectivity index (χ3v) is 3.92. The predicted molar refractivity (Wildman–Crippen MR) is 69.3 cm³/mol. The third kappa shape index (κ3) is 3.91. The lowest BCUT2D eigenvalue weighted by Crippen LogP contribution is -2.40. The number of aromatic nitrogens is 4. The van der Waals surface area contributed by atoms with Crippen LogP contribution in [0.5, 0.6) is 0 Å². The van der Waals surface area contributed by atoms with Gasteiger partial charge in [0.1, 0.15) is 11.9 Å². The van der Waals surface area contributed by atoms with Crippen LogP contribution in [0.3, 0.4) is 0 Å². The SMILES string of the molecule is CNc1nnc(-c2cc[n+](CCS(=O)(=O)O)nc2)s1. The molecule has 2 aromatic heterocycles. The molecule has 0 atom stereocenters. The van der Waals surface area contributed by atoms with Crippen molar-refractivity contribution >= 4 is 26.6 Å². The maximum absolute atomic E-state index is 10.6. The Bertz CT molecular complexity index is 653. The minimum atomic E-state index is -3.97. The van der Waals surface area contributed by atoms with Gasteiger partial charge in [-0.05, 0) is 5.10 Å². The second-order valence-corrected chi connectivity index (χ2v) is 6.18. The van der Waals surface area contributed by atoms with Gasteiger partial charge in [-0.25, -0.2) is 0 Å². The van der Waals surface area contributed by atoms with Crippen molar-refractivity contribution in [3.05, 3.63) is 18.5 Å². The van der Waals surface area contributed by atoms with Gasteiger partial charge in [-0.2, -0.15) is 8.42 Å². The van der Waals surface area contributed by atoms with E-state index in [1.165, 1.54) is 16.0 Å². The van der Waals surface area contributed by atoms with Crippen LogP contribution in [0.1, 0.15) is 0 Å². The van der Waals surface area contributed by atoms with Gasteiger partial charge in [0, 0.05) is 18.7 Å². The smallest absolute Gasteiger partial charge is 0.271 e. The van der Waals surface area contributed by atoms with Gasteiger partial charge in [-0.15, -0.1) is 10.2 Å². The maximum atomic E-state index is 10.6. The Balaban J connectivity index is 2.10. The summed E-state index contributed by atoms with van der Waals surface area (Å²) in [6.45, 7) is 0.0942. The molecule has 0 aromatic carbocycles. The molecule has 0 amide bonds. The number of hydrogen-bond acceptors (Lipinski definition) is 7. The summed E-state index contributed by atoms with van der Waals surface area (Å²) in [5.74, 6) is -0.368. The third-order valence-electron chi connectivity index (χ3n) is 2.24. The number of nitrogens with zero attached hydrogens (tertiary/aromatic N) is 4. The molecule has 0 aliphatic heterocycles. The van der Waals surface area contributed by atoms with E-state index >= 15 is 0 Å². The van der Waals surface area contributed by atoms with Crippen LogP contribution in [0.15, 0.2) is 18.5 Å². The van der Waals surface area contributed by atoms with Crippen LogP contribution in [0.4, 0.5) is 5.13 Å². The highest BCUT2D eigenvalue weighted by Crippen LogP contribution is 2.24. The van der Waals surface area contributed by atoms with Crippen LogP contribution in [-0.4, -0.2) is 41.1 Å². The summed E-state index contributed by atoms with van der Waals surface area (Å²) in [5.41, 5.74) is 0.794. The van der Waals surface area contributed by atoms with Crippen LogP contribution < -0.4 is 10.00 Å². The quantitative estimate of drug-likeness (QED) is 0.582. The zero-order valence-corrected chi connectivity index (χ0v) is 11.6. The molecule has 0 aliphatic carbocycles. The van der Waals surface area contributed by atoms with Gasteiger partial charge in [0.05, 0.1) is 0 Å². The first-order valence-corrected chi connectivity index (χ1v) is 7.73. The van der Waals surface area contributed by atoms with Gasteiger partial charge in [-0.1, -0.05) is 16.0 Å². The number of rotatable bonds is 5. The molecule has 0 fully saturated rings. The number of hydrogen-bond donors (Lipinski definition) is 2. The van der Waals surface area contributed by atoms with Crippen LogP contribution in [0, 0.1) is 0 Å². The highest BCUT2D eigenvalue weighted by atomic mass is 32.2. The molecule has 0 saturated heterocycles. The van der Waals surface area contributed by atoms with Gasteiger partial charge in [0.2, 0.25) is 5.13 Å². The molecule has 0 radical (unpaired) electrons. The molecule has 0 saturated carbocycles. The second-order valence-electron chi connectivity index (χ2n) is 3.63. The highest BCUT2D eigenvalue weighted by molar-refractivity contribution is 7.85. The average Bonchev–Trinajstić information content (AvgIpc) is 2.85. The first-order chi connectivity index (χ1) is 8.98. The van der Waals surface area contributed by atoms with Crippen molar-refractivity contribution in [1.29, 1.82) is 0 Å². The Kier molecular flexibility index (Phi) is 4.02. The minimum Gasteiger partial charge on any atom is -0.363 e. The molecule has 0 spiro atoms. The number of nitrogens with one attached hydrogen (secondary N) is 1. The largest absolute Gasteiger partial charge is 0.363 e. The summed E-state index contributed by atoms with van der Waals surface area (Å²) in [6, 6.07) is 1.76. The summed E-state index contributed by atoms with van der Waals surface area (Å²) in [5, 5.41) is 16.3. The molecule has 19 heavy (non-hydrogen) atoms. The van der Waals surface area contributed by atoms with Crippen LogP contribution in [0.25, 0.3) is 10.6 Å². The van der Waals surface area contributed by atoms with Crippen molar-refractivity contribution in [3.63, 3.8) is 0 Å². The fourth-order valence-corrected chi connectivity index (χ4v) is 2.40. The Morgan fingerprint density at radius 2 is 2.26 bits per heavy atom. The van der Waals surface area contributed by atoms with E-state index in [9.17, 15) is 8.42 Å². The van der Waals surface area contributed by atoms with Crippen molar-refractivity contribution in [2.45, 2.75) is 6.54 Å². The Labute approximate surface area is 113 Å². The van der Waals surface area contributed by atoms with Gasteiger partial charge in [0.15, 0.2) is 17.7 Å². The molecular formula is C9H12N5O3S2+. The molecule has 0 unspecified atom stereocenters. The average molecular weight is 302 g/mol. The normalized spacial score (nSPS) is 11.5. The molecular weight excluding hydrogens is 290 g/mol. The Hall–Kier alpha value is -1.65.